The molecule has 1 amide bonds. The zero-order valence-electron chi connectivity index (χ0n) is 14.3. The molecule has 0 saturated heterocycles. The summed E-state index contributed by atoms with van der Waals surface area (Å²) in [5.41, 5.74) is 3.50. The SMILES string of the molecule is Cc1ccc2nc(C3CC3)cc(C(=O)N[C@@H]3CCC[C@@H]3C(=O)O)c2c1. The summed E-state index contributed by atoms with van der Waals surface area (Å²) in [5.74, 6) is -1.04. The maximum absolute atomic E-state index is 13.0. The number of carbonyl (C=O) groups excluding carboxylic acids is 1. The second-order valence-electron chi connectivity index (χ2n) is 7.35. The fourth-order valence-corrected chi connectivity index (χ4v) is 3.81. The zero-order chi connectivity index (χ0) is 17.6. The van der Waals surface area contributed by atoms with Crippen molar-refractivity contribution in [2.24, 2.45) is 5.92 Å². The summed E-state index contributed by atoms with van der Waals surface area (Å²) in [7, 11) is 0. The minimum absolute atomic E-state index is 0.182. The molecule has 2 aromatic rings. The number of carboxylic acids is 1. The summed E-state index contributed by atoms with van der Waals surface area (Å²) >= 11 is 0. The Bertz CT molecular complexity index is 857. The predicted molar refractivity (Wildman–Crippen MR) is 94.7 cm³/mol. The number of hydrogen-bond donors (Lipinski definition) is 2. The van der Waals surface area contributed by atoms with Gasteiger partial charge in [0.25, 0.3) is 5.91 Å². The Labute approximate surface area is 146 Å². The van der Waals surface area contributed by atoms with Crippen LogP contribution in [-0.4, -0.2) is 28.0 Å². The molecule has 1 aromatic heterocycles. The molecule has 1 heterocycles. The molecular weight excluding hydrogens is 316 g/mol. The van der Waals surface area contributed by atoms with Gasteiger partial charge in [-0.2, -0.15) is 0 Å². The van der Waals surface area contributed by atoms with Crippen LogP contribution in [0.4, 0.5) is 0 Å². The third kappa shape index (κ3) is 3.11. The first kappa shape index (κ1) is 16.1. The topological polar surface area (TPSA) is 79.3 Å². The first-order valence-corrected chi connectivity index (χ1v) is 8.98. The summed E-state index contributed by atoms with van der Waals surface area (Å²) < 4.78 is 0. The van der Waals surface area contributed by atoms with Crippen LogP contribution in [-0.2, 0) is 4.79 Å². The van der Waals surface area contributed by atoms with Crippen molar-refractivity contribution < 1.29 is 14.7 Å². The molecule has 0 bridgehead atoms. The predicted octanol–water partition coefficient (Wildman–Crippen LogP) is 3.40. The smallest absolute Gasteiger partial charge is 0.308 e. The monoisotopic (exact) mass is 338 g/mol. The Balaban J connectivity index is 1.70. The van der Waals surface area contributed by atoms with Crippen molar-refractivity contribution >= 4 is 22.8 Å². The molecule has 5 heteroatoms. The van der Waals surface area contributed by atoms with Gasteiger partial charge in [-0.3, -0.25) is 14.6 Å². The van der Waals surface area contributed by atoms with E-state index in [1.54, 1.807) is 0 Å². The van der Waals surface area contributed by atoms with Gasteiger partial charge in [0.15, 0.2) is 0 Å². The largest absolute Gasteiger partial charge is 0.481 e. The number of amides is 1. The molecule has 0 unspecified atom stereocenters. The maximum atomic E-state index is 13.0. The van der Waals surface area contributed by atoms with E-state index in [2.05, 4.69) is 5.32 Å². The molecule has 0 aliphatic heterocycles. The summed E-state index contributed by atoms with van der Waals surface area (Å²) in [6.07, 6.45) is 4.43. The van der Waals surface area contributed by atoms with Crippen molar-refractivity contribution in [1.82, 2.24) is 10.3 Å². The highest BCUT2D eigenvalue weighted by molar-refractivity contribution is 6.06. The Kier molecular flexibility index (Phi) is 3.94. The number of carbonyl (C=O) groups is 2. The lowest BCUT2D eigenvalue weighted by Crippen LogP contribution is -2.40. The van der Waals surface area contributed by atoms with Crippen LogP contribution in [0.2, 0.25) is 0 Å². The third-order valence-corrected chi connectivity index (χ3v) is 5.37. The molecule has 2 fully saturated rings. The lowest BCUT2D eigenvalue weighted by Gasteiger charge is -2.18. The van der Waals surface area contributed by atoms with Gasteiger partial charge >= 0.3 is 5.97 Å². The van der Waals surface area contributed by atoms with E-state index in [1.807, 2.05) is 31.2 Å². The van der Waals surface area contributed by atoms with Crippen molar-refractivity contribution in [3.8, 4) is 0 Å². The highest BCUT2D eigenvalue weighted by atomic mass is 16.4. The lowest BCUT2D eigenvalue weighted by molar-refractivity contribution is -0.142. The Morgan fingerprint density at radius 2 is 1.96 bits per heavy atom. The number of aliphatic carboxylic acids is 1. The number of nitrogens with one attached hydrogen (secondary N) is 1. The minimum atomic E-state index is -0.822. The van der Waals surface area contributed by atoms with E-state index in [0.717, 1.165) is 47.8 Å². The van der Waals surface area contributed by atoms with Gasteiger partial charge in [-0.25, -0.2) is 0 Å². The number of benzene rings is 1. The number of pyridine rings is 1. The molecule has 25 heavy (non-hydrogen) atoms. The zero-order valence-corrected chi connectivity index (χ0v) is 14.3. The van der Waals surface area contributed by atoms with Gasteiger partial charge in [0.1, 0.15) is 0 Å². The first-order chi connectivity index (χ1) is 12.0. The second-order valence-corrected chi connectivity index (χ2v) is 7.35. The van der Waals surface area contributed by atoms with Crippen LogP contribution in [0.1, 0.15) is 59.6 Å². The molecule has 130 valence electrons. The fourth-order valence-electron chi connectivity index (χ4n) is 3.81. The lowest BCUT2D eigenvalue weighted by atomic mass is 10.0. The summed E-state index contributed by atoms with van der Waals surface area (Å²) in [6, 6.07) is 7.56. The Morgan fingerprint density at radius 1 is 1.16 bits per heavy atom. The maximum Gasteiger partial charge on any atom is 0.308 e. The van der Waals surface area contributed by atoms with E-state index in [9.17, 15) is 14.7 Å². The van der Waals surface area contributed by atoms with E-state index in [1.165, 1.54) is 0 Å². The van der Waals surface area contributed by atoms with Crippen molar-refractivity contribution in [2.75, 3.05) is 0 Å². The number of aryl methyl sites for hydroxylation is 1. The van der Waals surface area contributed by atoms with Crippen LogP contribution in [0, 0.1) is 12.8 Å². The fraction of sp³-hybridized carbons (Fsp3) is 0.450. The molecule has 2 aliphatic rings. The van der Waals surface area contributed by atoms with Gasteiger partial charge in [-0.1, -0.05) is 18.1 Å². The van der Waals surface area contributed by atoms with Gasteiger partial charge in [0.2, 0.25) is 0 Å². The van der Waals surface area contributed by atoms with Gasteiger partial charge < -0.3 is 10.4 Å². The van der Waals surface area contributed by atoms with E-state index >= 15 is 0 Å². The average Bonchev–Trinajstić information content (AvgIpc) is 3.33. The highest BCUT2D eigenvalue weighted by Gasteiger charge is 2.34. The van der Waals surface area contributed by atoms with Crippen molar-refractivity contribution in [3.05, 3.63) is 41.1 Å². The number of hydrogen-bond acceptors (Lipinski definition) is 3. The molecule has 4 rings (SSSR count). The summed E-state index contributed by atoms with van der Waals surface area (Å²) in [5, 5.41) is 13.2. The molecule has 2 saturated carbocycles. The summed E-state index contributed by atoms with van der Waals surface area (Å²) in [4.78, 5) is 29.1. The average molecular weight is 338 g/mol. The highest BCUT2D eigenvalue weighted by Crippen LogP contribution is 2.40. The van der Waals surface area contributed by atoms with Crippen LogP contribution in [0.25, 0.3) is 10.9 Å². The van der Waals surface area contributed by atoms with E-state index < -0.39 is 11.9 Å². The second kappa shape index (κ2) is 6.14. The molecule has 1 aromatic carbocycles. The number of carboxylic acid groups (broad SMARTS) is 1. The number of nitrogens with zero attached hydrogens (tertiary/aromatic N) is 1. The van der Waals surface area contributed by atoms with Gasteiger partial charge in [-0.15, -0.1) is 0 Å². The molecule has 2 N–H and O–H groups in total. The molecule has 0 radical (unpaired) electrons. The van der Waals surface area contributed by atoms with Crippen molar-refractivity contribution in [3.63, 3.8) is 0 Å². The van der Waals surface area contributed by atoms with Gasteiger partial charge in [0.05, 0.1) is 17.0 Å². The minimum Gasteiger partial charge on any atom is -0.481 e. The molecule has 2 aliphatic carbocycles. The first-order valence-electron chi connectivity index (χ1n) is 8.98. The van der Waals surface area contributed by atoms with E-state index in [-0.39, 0.29) is 11.9 Å². The van der Waals surface area contributed by atoms with E-state index in [4.69, 9.17) is 4.98 Å². The van der Waals surface area contributed by atoms with E-state index in [0.29, 0.717) is 17.9 Å². The Hall–Kier alpha value is -2.43. The van der Waals surface area contributed by atoms with Crippen molar-refractivity contribution in [2.45, 2.75) is 51.0 Å². The number of aromatic nitrogens is 1. The third-order valence-electron chi connectivity index (χ3n) is 5.37. The molecule has 0 spiro atoms. The van der Waals surface area contributed by atoms with Crippen molar-refractivity contribution in [1.29, 1.82) is 0 Å². The molecule has 2 atom stereocenters. The Morgan fingerprint density at radius 3 is 2.68 bits per heavy atom. The normalized spacial score (nSPS) is 22.9. The number of fused-ring (bicyclic) bond motifs is 1. The van der Waals surface area contributed by atoms with Crippen LogP contribution < -0.4 is 5.32 Å². The number of rotatable bonds is 4. The molecular formula is C20H22N2O3. The van der Waals surface area contributed by atoms with Crippen LogP contribution in [0.15, 0.2) is 24.3 Å². The molecule has 5 nitrogen and oxygen atoms in total. The standard InChI is InChI=1S/C20H22N2O3/c1-11-5-8-17-14(9-11)15(10-18(21-17)12-6-7-12)19(23)22-16-4-2-3-13(16)20(24)25/h5,8-10,12-13,16H,2-4,6-7H2,1H3,(H,22,23)(H,24,25)/t13-,16+/m0/s1. The van der Waals surface area contributed by atoms with Crippen LogP contribution >= 0.6 is 0 Å². The van der Waals surface area contributed by atoms with Crippen LogP contribution in [0.3, 0.4) is 0 Å². The summed E-state index contributed by atoms with van der Waals surface area (Å²) in [6.45, 7) is 1.99. The van der Waals surface area contributed by atoms with Gasteiger partial charge in [0, 0.05) is 23.0 Å². The quantitative estimate of drug-likeness (QED) is 0.895. The van der Waals surface area contributed by atoms with Gasteiger partial charge in [-0.05, 0) is 50.8 Å². The van der Waals surface area contributed by atoms with Crippen LogP contribution in [0.5, 0.6) is 0 Å².